The van der Waals surface area contributed by atoms with E-state index in [9.17, 15) is 4.79 Å². The maximum atomic E-state index is 11.4. The number of aryl methyl sites for hydroxylation is 1. The van der Waals surface area contributed by atoms with E-state index in [2.05, 4.69) is 14.6 Å². The third-order valence-electron chi connectivity index (χ3n) is 2.43. The standard InChI is InChI=1S/C12H21N3O2S/c1-9-11(10(2)16)12(18-14-9)13-5-7-17-8-6-15(3)4/h13H,5-8H2,1-4H3. The minimum Gasteiger partial charge on any atom is -0.378 e. The van der Waals surface area contributed by atoms with Crippen molar-refractivity contribution in [3.05, 3.63) is 11.3 Å². The number of anilines is 1. The normalized spacial score (nSPS) is 10.9. The van der Waals surface area contributed by atoms with Gasteiger partial charge in [-0.25, -0.2) is 0 Å². The highest BCUT2D eigenvalue weighted by Crippen LogP contribution is 2.24. The van der Waals surface area contributed by atoms with Gasteiger partial charge in [0.05, 0.1) is 24.5 Å². The van der Waals surface area contributed by atoms with Crippen molar-refractivity contribution < 1.29 is 9.53 Å². The molecule has 0 unspecified atom stereocenters. The number of ether oxygens (including phenoxy) is 1. The highest BCUT2D eigenvalue weighted by atomic mass is 32.1. The third-order valence-corrected chi connectivity index (χ3v) is 3.33. The molecule has 0 fully saturated rings. The van der Waals surface area contributed by atoms with Gasteiger partial charge in [0.1, 0.15) is 5.00 Å². The van der Waals surface area contributed by atoms with Crippen molar-refractivity contribution in [3.63, 3.8) is 0 Å². The summed E-state index contributed by atoms with van der Waals surface area (Å²) < 4.78 is 9.66. The molecule has 6 heteroatoms. The number of hydrogen-bond acceptors (Lipinski definition) is 6. The Morgan fingerprint density at radius 1 is 1.44 bits per heavy atom. The molecular weight excluding hydrogens is 250 g/mol. The van der Waals surface area contributed by atoms with Gasteiger partial charge in [-0.2, -0.15) is 4.37 Å². The van der Waals surface area contributed by atoms with Crippen molar-refractivity contribution in [1.82, 2.24) is 9.27 Å². The lowest BCUT2D eigenvalue weighted by Crippen LogP contribution is -2.20. The van der Waals surface area contributed by atoms with E-state index in [1.54, 1.807) is 6.92 Å². The molecule has 0 saturated carbocycles. The first-order chi connectivity index (χ1) is 8.52. The first kappa shape index (κ1) is 15.1. The Balaban J connectivity index is 2.29. The van der Waals surface area contributed by atoms with Gasteiger partial charge in [-0.05, 0) is 39.5 Å². The number of nitrogens with zero attached hydrogens (tertiary/aromatic N) is 2. The molecule has 1 aromatic rings. The predicted molar refractivity (Wildman–Crippen MR) is 74.7 cm³/mol. The molecule has 1 heterocycles. The summed E-state index contributed by atoms with van der Waals surface area (Å²) in [7, 11) is 4.03. The van der Waals surface area contributed by atoms with Crippen molar-refractivity contribution in [1.29, 1.82) is 0 Å². The van der Waals surface area contributed by atoms with Crippen LogP contribution in [0, 0.1) is 6.92 Å². The molecule has 0 atom stereocenters. The van der Waals surface area contributed by atoms with Crippen LogP contribution in [-0.2, 0) is 4.74 Å². The number of carbonyl (C=O) groups excluding carboxylic acids is 1. The third kappa shape index (κ3) is 4.72. The van der Waals surface area contributed by atoms with Gasteiger partial charge < -0.3 is 15.0 Å². The molecule has 102 valence electrons. The monoisotopic (exact) mass is 271 g/mol. The molecule has 0 spiro atoms. The molecule has 0 saturated heterocycles. The van der Waals surface area contributed by atoms with Gasteiger partial charge in [0.25, 0.3) is 0 Å². The zero-order valence-corrected chi connectivity index (χ0v) is 12.3. The summed E-state index contributed by atoms with van der Waals surface area (Å²) in [5.41, 5.74) is 1.50. The van der Waals surface area contributed by atoms with E-state index in [-0.39, 0.29) is 5.78 Å². The van der Waals surface area contributed by atoms with Crippen LogP contribution < -0.4 is 5.32 Å². The molecule has 0 amide bonds. The Hall–Kier alpha value is -0.980. The van der Waals surface area contributed by atoms with Crippen LogP contribution >= 0.6 is 11.5 Å². The number of carbonyl (C=O) groups is 1. The van der Waals surface area contributed by atoms with E-state index in [1.807, 2.05) is 21.0 Å². The van der Waals surface area contributed by atoms with Gasteiger partial charge in [0, 0.05) is 13.1 Å². The second-order valence-electron chi connectivity index (χ2n) is 4.37. The molecule has 18 heavy (non-hydrogen) atoms. The number of likely N-dealkylation sites (N-methyl/N-ethyl adjacent to an activating group) is 1. The van der Waals surface area contributed by atoms with Crippen LogP contribution in [0.2, 0.25) is 0 Å². The van der Waals surface area contributed by atoms with Gasteiger partial charge in [-0.3, -0.25) is 4.79 Å². The maximum absolute atomic E-state index is 11.4. The Labute approximate surface area is 112 Å². The first-order valence-corrected chi connectivity index (χ1v) is 6.73. The molecule has 1 aromatic heterocycles. The van der Waals surface area contributed by atoms with Crippen molar-refractivity contribution in [3.8, 4) is 0 Å². The van der Waals surface area contributed by atoms with Gasteiger partial charge in [-0.15, -0.1) is 0 Å². The van der Waals surface area contributed by atoms with Crippen molar-refractivity contribution in [2.24, 2.45) is 0 Å². The summed E-state index contributed by atoms with van der Waals surface area (Å²) in [6.45, 7) is 6.37. The fourth-order valence-electron chi connectivity index (χ4n) is 1.49. The summed E-state index contributed by atoms with van der Waals surface area (Å²) in [5, 5.41) is 4.04. The SMILES string of the molecule is CC(=O)c1c(C)nsc1NCCOCCN(C)C. The van der Waals surface area contributed by atoms with Crippen LogP contribution in [0.25, 0.3) is 0 Å². The van der Waals surface area contributed by atoms with Crippen LogP contribution in [0.5, 0.6) is 0 Å². The van der Waals surface area contributed by atoms with Gasteiger partial charge in [-0.1, -0.05) is 0 Å². The van der Waals surface area contributed by atoms with Crippen LogP contribution in [0.3, 0.4) is 0 Å². The van der Waals surface area contributed by atoms with E-state index in [1.165, 1.54) is 11.5 Å². The van der Waals surface area contributed by atoms with E-state index in [4.69, 9.17) is 4.74 Å². The zero-order chi connectivity index (χ0) is 13.5. The van der Waals surface area contributed by atoms with E-state index in [0.717, 1.165) is 23.8 Å². The quantitative estimate of drug-likeness (QED) is 0.575. The van der Waals surface area contributed by atoms with Gasteiger partial charge >= 0.3 is 0 Å². The zero-order valence-electron chi connectivity index (χ0n) is 11.4. The number of Topliss-reactive ketones (excluding diaryl/α,β-unsaturated/α-hetero) is 1. The van der Waals surface area contributed by atoms with E-state index in [0.29, 0.717) is 18.7 Å². The molecule has 0 aliphatic heterocycles. The molecule has 0 aromatic carbocycles. The summed E-state index contributed by atoms with van der Waals surface area (Å²) in [6.07, 6.45) is 0. The molecule has 1 rings (SSSR count). The lowest BCUT2D eigenvalue weighted by Gasteiger charge is -2.10. The Morgan fingerprint density at radius 3 is 2.78 bits per heavy atom. The average Bonchev–Trinajstić information content (AvgIpc) is 2.64. The molecule has 5 nitrogen and oxygen atoms in total. The lowest BCUT2D eigenvalue weighted by molar-refractivity contribution is 0.101. The minimum absolute atomic E-state index is 0.0530. The second-order valence-corrected chi connectivity index (χ2v) is 5.14. The topological polar surface area (TPSA) is 54.5 Å². The van der Waals surface area contributed by atoms with E-state index >= 15 is 0 Å². The maximum Gasteiger partial charge on any atom is 0.164 e. The van der Waals surface area contributed by atoms with Crippen LogP contribution in [-0.4, -0.2) is 55.5 Å². The number of rotatable bonds is 8. The van der Waals surface area contributed by atoms with Crippen LogP contribution in [0.15, 0.2) is 0 Å². The van der Waals surface area contributed by atoms with Crippen LogP contribution in [0.4, 0.5) is 5.00 Å². The smallest absolute Gasteiger partial charge is 0.164 e. The molecule has 0 radical (unpaired) electrons. The summed E-state index contributed by atoms with van der Waals surface area (Å²) >= 11 is 1.33. The Bertz CT molecular complexity index is 391. The predicted octanol–water partition coefficient (Wildman–Crippen LogP) is 1.64. The van der Waals surface area contributed by atoms with E-state index < -0.39 is 0 Å². The average molecular weight is 271 g/mol. The van der Waals surface area contributed by atoms with Crippen molar-refractivity contribution in [2.75, 3.05) is 45.7 Å². The fourth-order valence-corrected chi connectivity index (χ4v) is 2.36. The summed E-state index contributed by atoms with van der Waals surface area (Å²) in [4.78, 5) is 13.5. The molecule has 0 aliphatic rings. The van der Waals surface area contributed by atoms with Gasteiger partial charge in [0.15, 0.2) is 5.78 Å². The van der Waals surface area contributed by atoms with Crippen molar-refractivity contribution >= 4 is 22.3 Å². The first-order valence-electron chi connectivity index (χ1n) is 5.96. The lowest BCUT2D eigenvalue weighted by atomic mass is 10.2. The number of ketones is 1. The van der Waals surface area contributed by atoms with Crippen LogP contribution in [0.1, 0.15) is 23.0 Å². The van der Waals surface area contributed by atoms with Crippen molar-refractivity contribution in [2.45, 2.75) is 13.8 Å². The second kappa shape index (κ2) is 7.45. The summed E-state index contributed by atoms with van der Waals surface area (Å²) in [5.74, 6) is 0.0530. The molecule has 0 bridgehead atoms. The molecular formula is C12H21N3O2S. The Kier molecular flexibility index (Phi) is 6.24. The molecule has 0 aliphatic carbocycles. The number of aromatic nitrogens is 1. The minimum atomic E-state index is 0.0530. The largest absolute Gasteiger partial charge is 0.378 e. The Morgan fingerprint density at radius 2 is 2.17 bits per heavy atom. The van der Waals surface area contributed by atoms with Gasteiger partial charge in [0.2, 0.25) is 0 Å². The fraction of sp³-hybridized carbons (Fsp3) is 0.667. The highest BCUT2D eigenvalue weighted by Gasteiger charge is 2.13. The number of nitrogens with one attached hydrogen (secondary N) is 1. The summed E-state index contributed by atoms with van der Waals surface area (Å²) in [6, 6.07) is 0. The highest BCUT2D eigenvalue weighted by molar-refractivity contribution is 7.10. The number of hydrogen-bond donors (Lipinski definition) is 1. The molecule has 1 N–H and O–H groups in total.